The lowest BCUT2D eigenvalue weighted by Gasteiger charge is -2.18. The lowest BCUT2D eigenvalue weighted by Crippen LogP contribution is -3.00. The predicted molar refractivity (Wildman–Crippen MR) is 109 cm³/mol. The maximum absolute atomic E-state index is 10.7. The Morgan fingerprint density at radius 1 is 0.655 bits per heavy atom. The Hall–Kier alpha value is -1.13. The lowest BCUT2D eigenvalue weighted by atomic mass is 9.87. The van der Waals surface area contributed by atoms with Gasteiger partial charge in [0, 0.05) is 0 Å². The van der Waals surface area contributed by atoms with Gasteiger partial charge in [0.25, 0.3) is 0 Å². The fourth-order valence-corrected chi connectivity index (χ4v) is 1.88. The van der Waals surface area contributed by atoms with Gasteiger partial charge in [-0.05, 0) is 22.0 Å². The third-order valence-corrected chi connectivity index (χ3v) is 4.13. The van der Waals surface area contributed by atoms with Gasteiger partial charge in [0.15, 0.2) is 10.1 Å². The molecule has 166 valence electrons. The van der Waals surface area contributed by atoms with Gasteiger partial charge in [-0.2, -0.15) is 13.2 Å². The minimum Gasteiger partial charge on any atom is -0.741 e. The van der Waals surface area contributed by atoms with Crippen LogP contribution in [0.15, 0.2) is 60.7 Å². The van der Waals surface area contributed by atoms with Gasteiger partial charge in [0.05, 0.1) is 0 Å². The van der Waals surface area contributed by atoms with Gasteiger partial charge in [-0.25, -0.2) is 8.42 Å². The molecule has 0 N–H and O–H groups in total. The molecule has 0 aliphatic rings. The number of alkyl halides is 3. The van der Waals surface area contributed by atoms with Crippen LogP contribution in [0.4, 0.5) is 13.2 Å². The molecule has 0 aliphatic heterocycles. The van der Waals surface area contributed by atoms with Gasteiger partial charge < -0.3 is 4.55 Å². The van der Waals surface area contributed by atoms with Crippen LogP contribution in [0.5, 0.6) is 0 Å². The van der Waals surface area contributed by atoms with Crippen LogP contribution < -0.4 is 24.0 Å². The predicted octanol–water partition coefficient (Wildman–Crippen LogP) is 2.49. The SMILES string of the molecule is CC(C)(C)c1ccccc1.CC(C)(C)c1ccccc1.O=S(=O)([O-])C(F)(F)F.[IH2+]. The summed E-state index contributed by atoms with van der Waals surface area (Å²) in [4.78, 5) is 0. The molecule has 0 heterocycles. The summed E-state index contributed by atoms with van der Waals surface area (Å²) in [6.07, 6.45) is 0. The largest absolute Gasteiger partial charge is 0.741 e. The van der Waals surface area contributed by atoms with Crippen molar-refractivity contribution in [3.8, 4) is 0 Å². The molecule has 0 amide bonds. The Labute approximate surface area is 189 Å². The zero-order chi connectivity index (χ0) is 22.2. The molecule has 0 radical (unpaired) electrons. The van der Waals surface area contributed by atoms with Crippen molar-refractivity contribution < 1.29 is 50.1 Å². The minimum absolute atomic E-state index is 0. The molecule has 2 aromatic carbocycles. The van der Waals surface area contributed by atoms with Crippen molar-refractivity contribution in [3.05, 3.63) is 71.8 Å². The smallest absolute Gasteiger partial charge is 0.485 e. The van der Waals surface area contributed by atoms with Crippen LogP contribution in [0.3, 0.4) is 0 Å². The molecular formula is C21H30F3IO3S. The average molecular weight is 546 g/mol. The molecule has 8 heteroatoms. The van der Waals surface area contributed by atoms with Gasteiger partial charge in [0.2, 0.25) is 24.0 Å². The van der Waals surface area contributed by atoms with Crippen molar-refractivity contribution in [2.75, 3.05) is 0 Å². The second-order valence-corrected chi connectivity index (χ2v) is 9.50. The Bertz CT molecular complexity index is 744. The number of hydrogen-bond donors (Lipinski definition) is 0. The zero-order valence-corrected chi connectivity index (χ0v) is 20.9. The van der Waals surface area contributed by atoms with Crippen LogP contribution in [0, 0.1) is 0 Å². The van der Waals surface area contributed by atoms with E-state index >= 15 is 0 Å². The van der Waals surface area contributed by atoms with E-state index in [0.717, 1.165) is 0 Å². The first-order chi connectivity index (χ1) is 12.5. The Kier molecular flexibility index (Phi) is 12.3. The molecule has 0 unspecified atom stereocenters. The highest BCUT2D eigenvalue weighted by Gasteiger charge is 2.36. The van der Waals surface area contributed by atoms with E-state index in [2.05, 4.69) is 102 Å². The molecule has 2 rings (SSSR count). The monoisotopic (exact) mass is 546 g/mol. The molecule has 0 aromatic heterocycles. The molecule has 0 saturated carbocycles. The van der Waals surface area contributed by atoms with Crippen molar-refractivity contribution in [2.45, 2.75) is 57.9 Å². The standard InChI is InChI=1S/2C10H14.CHF3O3S.H2I/c2*1-10(2,3)9-7-5-4-6-8-9;2-1(3,4)8(5,6)7;/h2*4-8H,1-3H3;(H,5,6,7);1H2/q;;;+1/p-1. The molecule has 29 heavy (non-hydrogen) atoms. The van der Waals surface area contributed by atoms with E-state index in [0.29, 0.717) is 10.8 Å². The highest BCUT2D eigenvalue weighted by molar-refractivity contribution is 7.86. The molecule has 0 saturated heterocycles. The third-order valence-electron chi connectivity index (χ3n) is 3.56. The summed E-state index contributed by atoms with van der Waals surface area (Å²) >= 11 is 0. The summed E-state index contributed by atoms with van der Waals surface area (Å²) < 4.78 is 58.9. The van der Waals surface area contributed by atoms with Crippen LogP contribution in [0.25, 0.3) is 0 Å². The molecular weight excluding hydrogens is 516 g/mol. The normalized spacial score (nSPS) is 11.8. The summed E-state index contributed by atoms with van der Waals surface area (Å²) in [5.74, 6) is 0. The van der Waals surface area contributed by atoms with Crippen molar-refractivity contribution in [2.24, 2.45) is 0 Å². The summed E-state index contributed by atoms with van der Waals surface area (Å²) in [5.41, 5.74) is -2.26. The lowest BCUT2D eigenvalue weighted by molar-refractivity contribution is -0.0518. The molecule has 0 fully saturated rings. The van der Waals surface area contributed by atoms with Crippen molar-refractivity contribution >= 4 is 10.1 Å². The Morgan fingerprint density at radius 3 is 0.966 bits per heavy atom. The van der Waals surface area contributed by atoms with Gasteiger partial charge >= 0.3 is 5.51 Å². The van der Waals surface area contributed by atoms with Crippen molar-refractivity contribution in [3.63, 3.8) is 0 Å². The van der Waals surface area contributed by atoms with Gasteiger partial charge in [0.1, 0.15) is 0 Å². The Balaban J connectivity index is 0. The summed E-state index contributed by atoms with van der Waals surface area (Å²) in [6, 6.07) is 21.1. The molecule has 0 atom stereocenters. The summed E-state index contributed by atoms with van der Waals surface area (Å²) in [7, 11) is -6.09. The number of benzene rings is 2. The fourth-order valence-electron chi connectivity index (χ4n) is 1.88. The number of rotatable bonds is 0. The van der Waals surface area contributed by atoms with E-state index in [1.165, 1.54) is 11.1 Å². The van der Waals surface area contributed by atoms with E-state index in [1.54, 1.807) is 0 Å². The van der Waals surface area contributed by atoms with E-state index in [4.69, 9.17) is 13.0 Å². The summed E-state index contributed by atoms with van der Waals surface area (Å²) in [5, 5.41) is 0. The number of halogens is 4. The van der Waals surface area contributed by atoms with Crippen LogP contribution >= 0.6 is 0 Å². The van der Waals surface area contributed by atoms with Crippen LogP contribution in [-0.2, 0) is 20.9 Å². The minimum atomic E-state index is -6.09. The summed E-state index contributed by atoms with van der Waals surface area (Å²) in [6.45, 7) is 13.3. The van der Waals surface area contributed by atoms with Crippen LogP contribution in [0.2, 0.25) is 0 Å². The average Bonchev–Trinajstić information content (AvgIpc) is 2.54. The van der Waals surface area contributed by atoms with Crippen molar-refractivity contribution in [1.29, 1.82) is 0 Å². The highest BCUT2D eigenvalue weighted by atomic mass is 127. The second-order valence-electron chi connectivity index (χ2n) is 8.13. The highest BCUT2D eigenvalue weighted by Crippen LogP contribution is 2.22. The fraction of sp³-hybridized carbons (Fsp3) is 0.429. The number of hydrogen-bond acceptors (Lipinski definition) is 3. The van der Waals surface area contributed by atoms with Gasteiger partial charge in [-0.15, -0.1) is 0 Å². The third kappa shape index (κ3) is 12.9. The molecule has 0 spiro atoms. The molecule has 0 aliphatic carbocycles. The second kappa shape index (κ2) is 11.9. The van der Waals surface area contributed by atoms with Crippen LogP contribution in [-0.4, -0.2) is 18.5 Å². The van der Waals surface area contributed by atoms with Crippen molar-refractivity contribution in [1.82, 2.24) is 0 Å². The maximum atomic E-state index is 10.7. The van der Waals surface area contributed by atoms with Crippen LogP contribution in [0.1, 0.15) is 52.7 Å². The quantitative estimate of drug-likeness (QED) is 0.290. The van der Waals surface area contributed by atoms with Gasteiger partial charge in [-0.3, -0.25) is 0 Å². The Morgan fingerprint density at radius 2 is 0.862 bits per heavy atom. The van der Waals surface area contributed by atoms with E-state index in [-0.39, 0.29) is 24.0 Å². The first-order valence-corrected chi connectivity index (χ1v) is 10.0. The van der Waals surface area contributed by atoms with E-state index in [1.807, 2.05) is 0 Å². The van der Waals surface area contributed by atoms with E-state index in [9.17, 15) is 13.2 Å². The molecule has 3 nitrogen and oxygen atoms in total. The zero-order valence-electron chi connectivity index (χ0n) is 17.5. The van der Waals surface area contributed by atoms with Gasteiger partial charge in [-0.1, -0.05) is 102 Å². The van der Waals surface area contributed by atoms with E-state index < -0.39 is 15.6 Å². The molecule has 0 bridgehead atoms. The topological polar surface area (TPSA) is 57.2 Å². The first kappa shape index (κ1) is 30.1. The molecule has 2 aromatic rings. The maximum Gasteiger partial charge on any atom is 0.485 e. The first-order valence-electron chi connectivity index (χ1n) is 8.59.